The normalized spacial score (nSPS) is 41.3. The van der Waals surface area contributed by atoms with Crippen LogP contribution in [0.2, 0.25) is 0 Å². The van der Waals surface area contributed by atoms with E-state index in [1.165, 1.54) is 0 Å². The molecule has 78 valence electrons. The summed E-state index contributed by atoms with van der Waals surface area (Å²) in [6.07, 6.45) is -7.47. The van der Waals surface area contributed by atoms with Crippen molar-refractivity contribution in [2.24, 2.45) is 0 Å². The third-order valence-corrected chi connectivity index (χ3v) is 1.86. The number of cyclic esters (lactones) is 3. The maximum atomic E-state index is 13.1. The lowest BCUT2D eigenvalue weighted by molar-refractivity contribution is -0.225. The van der Waals surface area contributed by atoms with Crippen LogP contribution in [0.3, 0.4) is 0 Å². The summed E-state index contributed by atoms with van der Waals surface area (Å²) in [5.41, 5.74) is -2.33. The zero-order chi connectivity index (χ0) is 10.3. The number of carbonyl (C=O) groups is 2. The summed E-state index contributed by atoms with van der Waals surface area (Å²) in [5, 5.41) is 0. The number of hydrogen-bond acceptors (Lipinski definition) is 6. The van der Waals surface area contributed by atoms with Gasteiger partial charge in [0.15, 0.2) is 0 Å². The summed E-state index contributed by atoms with van der Waals surface area (Å²) >= 11 is 0. The maximum Gasteiger partial charge on any atom is 0.512 e. The number of rotatable bonds is 0. The molecular weight excluding hydrogens is 206 g/mol. The van der Waals surface area contributed by atoms with E-state index in [9.17, 15) is 18.4 Å². The van der Waals surface area contributed by atoms with Crippen LogP contribution in [0.5, 0.6) is 0 Å². The Morgan fingerprint density at radius 1 is 1.14 bits per heavy atom. The first-order valence-corrected chi connectivity index (χ1v) is 3.56. The first-order chi connectivity index (χ1) is 6.54. The van der Waals surface area contributed by atoms with Gasteiger partial charge < -0.3 is 18.9 Å². The summed E-state index contributed by atoms with van der Waals surface area (Å²) < 4.78 is 42.4. The molecule has 1 spiro atoms. The summed E-state index contributed by atoms with van der Waals surface area (Å²) in [7, 11) is 0. The highest BCUT2D eigenvalue weighted by Crippen LogP contribution is 2.36. The molecule has 3 atom stereocenters. The average molecular weight is 210 g/mol. The van der Waals surface area contributed by atoms with Crippen LogP contribution in [-0.2, 0) is 18.9 Å². The molecule has 6 nitrogen and oxygen atoms in total. The van der Waals surface area contributed by atoms with E-state index in [1.807, 2.05) is 0 Å². The Kier molecular flexibility index (Phi) is 1.73. The Labute approximate surface area is 75.7 Å². The third kappa shape index (κ3) is 1.06. The lowest BCUT2D eigenvalue weighted by Gasteiger charge is -2.31. The molecular formula is C6H4F2O6. The van der Waals surface area contributed by atoms with Gasteiger partial charge >= 0.3 is 12.3 Å². The van der Waals surface area contributed by atoms with Gasteiger partial charge in [-0.15, -0.1) is 0 Å². The fraction of sp³-hybridized carbons (Fsp3) is 0.667. The fourth-order valence-corrected chi connectivity index (χ4v) is 1.11. The van der Waals surface area contributed by atoms with E-state index in [-0.39, 0.29) is 0 Å². The zero-order valence-electron chi connectivity index (χ0n) is 6.57. The minimum Gasteiger partial charge on any atom is -0.429 e. The monoisotopic (exact) mass is 210 g/mol. The molecule has 2 heterocycles. The number of alkyl halides is 2. The molecule has 0 bridgehead atoms. The predicted molar refractivity (Wildman–Crippen MR) is 32.5 cm³/mol. The van der Waals surface area contributed by atoms with Crippen LogP contribution in [0.4, 0.5) is 18.4 Å². The molecule has 8 heteroatoms. The second-order valence-corrected chi connectivity index (χ2v) is 2.71. The number of carbonyl (C=O) groups excluding carboxylic acids is 2. The van der Waals surface area contributed by atoms with Gasteiger partial charge in [0, 0.05) is 0 Å². The van der Waals surface area contributed by atoms with Gasteiger partial charge in [0.25, 0.3) is 18.3 Å². The van der Waals surface area contributed by atoms with Gasteiger partial charge in [-0.2, -0.15) is 8.78 Å². The Bertz CT molecular complexity index is 294. The van der Waals surface area contributed by atoms with E-state index in [0.29, 0.717) is 0 Å². The molecule has 2 saturated heterocycles. The van der Waals surface area contributed by atoms with Crippen molar-refractivity contribution in [3.05, 3.63) is 0 Å². The molecule has 3 unspecified atom stereocenters. The van der Waals surface area contributed by atoms with Gasteiger partial charge in [-0.3, -0.25) is 0 Å². The topological polar surface area (TPSA) is 71.1 Å². The molecule has 0 saturated carbocycles. The molecule has 0 radical (unpaired) electrons. The van der Waals surface area contributed by atoms with Crippen LogP contribution in [0.1, 0.15) is 0 Å². The molecule has 0 aromatic carbocycles. The Balaban J connectivity index is 2.23. The summed E-state index contributed by atoms with van der Waals surface area (Å²) in [4.78, 5) is 20.9. The second-order valence-electron chi connectivity index (χ2n) is 2.71. The van der Waals surface area contributed by atoms with Crippen LogP contribution in [0.15, 0.2) is 0 Å². The van der Waals surface area contributed by atoms with Crippen LogP contribution in [0.25, 0.3) is 0 Å². The molecule has 0 aromatic heterocycles. The minimum atomic E-state index is -2.44. The number of ether oxygens (including phenoxy) is 4. The standard InChI is InChI=1S/C6H4F2O6/c7-2-6(1-11-4(9)12-2)3(8)13-5(10)14-6/h2-3H,1H2. The van der Waals surface area contributed by atoms with Crippen molar-refractivity contribution in [3.8, 4) is 0 Å². The highest BCUT2D eigenvalue weighted by atomic mass is 19.2. The summed E-state index contributed by atoms with van der Waals surface area (Å²) in [6, 6.07) is 0. The number of hydrogen-bond donors (Lipinski definition) is 0. The van der Waals surface area contributed by atoms with E-state index in [0.717, 1.165) is 0 Å². The predicted octanol–water partition coefficient (Wildman–Crippen LogP) is 0.650. The van der Waals surface area contributed by atoms with E-state index in [2.05, 4.69) is 18.9 Å². The van der Waals surface area contributed by atoms with E-state index in [4.69, 9.17) is 0 Å². The highest BCUT2D eigenvalue weighted by molar-refractivity contribution is 5.65. The largest absolute Gasteiger partial charge is 0.512 e. The van der Waals surface area contributed by atoms with Gasteiger partial charge in [-0.05, 0) is 0 Å². The van der Waals surface area contributed by atoms with Crippen molar-refractivity contribution >= 4 is 12.3 Å². The lowest BCUT2D eigenvalue weighted by Crippen LogP contribution is -2.56. The molecule has 2 aliphatic heterocycles. The molecule has 0 N–H and O–H groups in total. The third-order valence-electron chi connectivity index (χ3n) is 1.86. The molecule has 14 heavy (non-hydrogen) atoms. The van der Waals surface area contributed by atoms with Crippen molar-refractivity contribution in [3.63, 3.8) is 0 Å². The van der Waals surface area contributed by atoms with Crippen LogP contribution in [0, 0.1) is 0 Å². The highest BCUT2D eigenvalue weighted by Gasteiger charge is 2.63. The Morgan fingerprint density at radius 3 is 2.21 bits per heavy atom. The molecule has 2 fully saturated rings. The fourth-order valence-electron chi connectivity index (χ4n) is 1.11. The van der Waals surface area contributed by atoms with Crippen molar-refractivity contribution in [2.45, 2.75) is 18.3 Å². The van der Waals surface area contributed by atoms with Crippen molar-refractivity contribution in [1.82, 2.24) is 0 Å². The van der Waals surface area contributed by atoms with Gasteiger partial charge in [0.05, 0.1) is 0 Å². The molecule has 2 aliphatic rings. The second kappa shape index (κ2) is 2.69. The first-order valence-electron chi connectivity index (χ1n) is 3.56. The zero-order valence-corrected chi connectivity index (χ0v) is 6.57. The molecule has 0 aliphatic carbocycles. The van der Waals surface area contributed by atoms with Crippen LogP contribution < -0.4 is 0 Å². The lowest BCUT2D eigenvalue weighted by atomic mass is 10.1. The summed E-state index contributed by atoms with van der Waals surface area (Å²) in [6.45, 7) is -0.778. The summed E-state index contributed by atoms with van der Waals surface area (Å²) in [5.74, 6) is 0. The van der Waals surface area contributed by atoms with Crippen LogP contribution >= 0.6 is 0 Å². The van der Waals surface area contributed by atoms with E-state index in [1.54, 1.807) is 0 Å². The van der Waals surface area contributed by atoms with Crippen molar-refractivity contribution in [2.75, 3.05) is 6.61 Å². The molecule has 0 amide bonds. The average Bonchev–Trinajstić information content (AvgIpc) is 2.37. The first kappa shape index (κ1) is 8.97. The Hall–Kier alpha value is -1.60. The van der Waals surface area contributed by atoms with E-state index < -0.39 is 37.2 Å². The number of halogens is 2. The van der Waals surface area contributed by atoms with Crippen molar-refractivity contribution < 1.29 is 37.3 Å². The minimum absolute atomic E-state index is 0.778. The van der Waals surface area contributed by atoms with Gasteiger partial charge in [0.1, 0.15) is 6.61 Å². The van der Waals surface area contributed by atoms with Crippen molar-refractivity contribution in [1.29, 1.82) is 0 Å². The smallest absolute Gasteiger partial charge is 0.429 e. The molecule has 2 rings (SSSR count). The SMILES string of the molecule is O=C1OCC2(OC(=O)OC2F)C(F)O1. The van der Waals surface area contributed by atoms with Crippen LogP contribution in [-0.4, -0.2) is 37.2 Å². The molecule has 0 aromatic rings. The van der Waals surface area contributed by atoms with E-state index >= 15 is 0 Å². The van der Waals surface area contributed by atoms with Gasteiger partial charge in [0.2, 0.25) is 0 Å². The van der Waals surface area contributed by atoms with Gasteiger partial charge in [-0.25, -0.2) is 9.59 Å². The Morgan fingerprint density at radius 2 is 1.71 bits per heavy atom. The maximum absolute atomic E-state index is 13.1. The quantitative estimate of drug-likeness (QED) is 0.546. The van der Waals surface area contributed by atoms with Gasteiger partial charge in [-0.1, -0.05) is 0 Å².